The van der Waals surface area contributed by atoms with Crippen LogP contribution in [-0.2, 0) is 11.8 Å². The number of carbonyl (C=O) groups is 1. The molecular formula is C5H8N3O2+. The maximum atomic E-state index is 10.8. The molecule has 0 amide bonds. The number of nitrogens with zero attached hydrogens (tertiary/aromatic N) is 2. The van der Waals surface area contributed by atoms with Gasteiger partial charge in [0.15, 0.2) is 0 Å². The number of esters is 1. The van der Waals surface area contributed by atoms with E-state index in [-0.39, 0.29) is 0 Å². The van der Waals surface area contributed by atoms with Crippen LogP contribution in [-0.4, -0.2) is 23.4 Å². The van der Waals surface area contributed by atoms with Crippen LogP contribution in [0.1, 0.15) is 10.5 Å². The van der Waals surface area contributed by atoms with Crippen molar-refractivity contribution in [3.05, 3.63) is 11.9 Å². The molecule has 1 rings (SSSR count). The molecule has 5 heteroatoms. The second-order valence-corrected chi connectivity index (χ2v) is 1.79. The zero-order valence-electron chi connectivity index (χ0n) is 5.79. The molecular weight excluding hydrogens is 134 g/mol. The molecule has 10 heavy (non-hydrogen) atoms. The van der Waals surface area contributed by atoms with Crippen LogP contribution in [0.25, 0.3) is 0 Å². The van der Waals surface area contributed by atoms with Gasteiger partial charge in [0.05, 0.1) is 7.11 Å². The maximum absolute atomic E-state index is 10.8. The Morgan fingerprint density at radius 3 is 3.00 bits per heavy atom. The molecule has 5 nitrogen and oxygen atoms in total. The molecule has 0 saturated heterocycles. The molecule has 0 spiro atoms. The van der Waals surface area contributed by atoms with Crippen molar-refractivity contribution in [3.63, 3.8) is 0 Å². The van der Waals surface area contributed by atoms with Gasteiger partial charge in [-0.2, -0.15) is 4.68 Å². The van der Waals surface area contributed by atoms with E-state index >= 15 is 0 Å². The van der Waals surface area contributed by atoms with Crippen LogP contribution in [0.2, 0.25) is 0 Å². The molecule has 0 aliphatic carbocycles. The molecule has 1 aromatic heterocycles. The van der Waals surface area contributed by atoms with Crippen molar-refractivity contribution in [2.45, 2.75) is 0 Å². The molecule has 0 radical (unpaired) electrons. The molecule has 54 valence electrons. The van der Waals surface area contributed by atoms with E-state index in [1.54, 1.807) is 7.05 Å². The lowest BCUT2D eigenvalue weighted by Gasteiger charge is -1.90. The van der Waals surface area contributed by atoms with Gasteiger partial charge in [-0.1, -0.05) is 5.21 Å². The summed E-state index contributed by atoms with van der Waals surface area (Å²) in [7, 11) is 3.01. The molecule has 1 aromatic rings. The molecule has 0 fully saturated rings. The summed E-state index contributed by atoms with van der Waals surface area (Å²) in [5, 5.41) is 6.18. The number of hydrogen-bond donors (Lipinski definition) is 1. The van der Waals surface area contributed by atoms with Gasteiger partial charge < -0.3 is 4.74 Å². The first-order valence-electron chi connectivity index (χ1n) is 2.73. The number of aromatic nitrogens is 3. The lowest BCUT2D eigenvalue weighted by atomic mass is 10.5. The fraction of sp³-hybridized carbons (Fsp3) is 0.400. The summed E-state index contributed by atoms with van der Waals surface area (Å²) in [4.78, 5) is 10.8. The number of hydrogen-bond acceptors (Lipinski definition) is 3. The van der Waals surface area contributed by atoms with Crippen molar-refractivity contribution in [1.29, 1.82) is 0 Å². The van der Waals surface area contributed by atoms with Crippen molar-refractivity contribution in [2.75, 3.05) is 7.11 Å². The predicted octanol–water partition coefficient (Wildman–Crippen LogP) is -0.979. The lowest BCUT2D eigenvalue weighted by Crippen LogP contribution is -2.37. The van der Waals surface area contributed by atoms with Crippen LogP contribution in [0.15, 0.2) is 6.20 Å². The average molecular weight is 142 g/mol. The Hall–Kier alpha value is -1.39. The first-order valence-corrected chi connectivity index (χ1v) is 2.73. The maximum Gasteiger partial charge on any atom is 0.384 e. The van der Waals surface area contributed by atoms with E-state index in [9.17, 15) is 4.79 Å². The van der Waals surface area contributed by atoms with E-state index in [0.29, 0.717) is 5.69 Å². The minimum Gasteiger partial charge on any atom is -0.463 e. The van der Waals surface area contributed by atoms with E-state index in [1.807, 2.05) is 0 Å². The predicted molar refractivity (Wildman–Crippen MR) is 31.1 cm³/mol. The normalized spacial score (nSPS) is 9.40. The van der Waals surface area contributed by atoms with Crippen LogP contribution < -0.4 is 4.68 Å². The second-order valence-electron chi connectivity index (χ2n) is 1.79. The van der Waals surface area contributed by atoms with Gasteiger partial charge in [-0.25, -0.2) is 4.79 Å². The molecule has 0 aliphatic heterocycles. The number of carbonyl (C=O) groups excluding carboxylic acids is 1. The third-order valence-electron chi connectivity index (χ3n) is 1.15. The molecule has 0 unspecified atom stereocenters. The van der Waals surface area contributed by atoms with Crippen LogP contribution in [0.3, 0.4) is 0 Å². The molecule has 0 aliphatic rings. The Bertz CT molecular complexity index is 243. The summed E-state index contributed by atoms with van der Waals surface area (Å²) in [6.07, 6.45) is 1.41. The third kappa shape index (κ3) is 0.975. The van der Waals surface area contributed by atoms with E-state index in [1.165, 1.54) is 18.0 Å². The molecule has 1 heterocycles. The van der Waals surface area contributed by atoms with Gasteiger partial charge in [-0.3, -0.25) is 0 Å². The van der Waals surface area contributed by atoms with Gasteiger partial charge in [0, 0.05) is 5.10 Å². The van der Waals surface area contributed by atoms with Crippen molar-refractivity contribution < 1.29 is 14.2 Å². The number of aromatic amines is 1. The van der Waals surface area contributed by atoms with Gasteiger partial charge >= 0.3 is 5.97 Å². The Balaban J connectivity index is 2.93. The quantitative estimate of drug-likeness (QED) is 0.405. The van der Waals surface area contributed by atoms with Gasteiger partial charge in [0.2, 0.25) is 6.20 Å². The topological polar surface area (TPSA) is 58.9 Å². The number of nitrogens with one attached hydrogen (secondary N) is 1. The Morgan fingerprint density at radius 2 is 2.60 bits per heavy atom. The number of rotatable bonds is 1. The molecule has 0 aromatic carbocycles. The highest BCUT2D eigenvalue weighted by Crippen LogP contribution is 1.87. The lowest BCUT2D eigenvalue weighted by molar-refractivity contribution is -0.732. The summed E-state index contributed by atoms with van der Waals surface area (Å²) >= 11 is 0. The Morgan fingerprint density at radius 1 is 1.90 bits per heavy atom. The van der Waals surface area contributed by atoms with Crippen LogP contribution >= 0.6 is 0 Å². The number of methoxy groups -OCH3 is 1. The largest absolute Gasteiger partial charge is 0.463 e. The summed E-state index contributed by atoms with van der Waals surface area (Å²) < 4.78 is 5.93. The third-order valence-corrected chi connectivity index (χ3v) is 1.15. The van der Waals surface area contributed by atoms with E-state index < -0.39 is 5.97 Å². The van der Waals surface area contributed by atoms with Gasteiger partial charge in [-0.15, -0.1) is 0 Å². The molecule has 1 N–H and O–H groups in total. The summed E-state index contributed by atoms with van der Waals surface area (Å²) in [5.41, 5.74) is 0.405. The van der Waals surface area contributed by atoms with Gasteiger partial charge in [-0.05, 0) is 0 Å². The molecule has 0 bridgehead atoms. The van der Waals surface area contributed by atoms with E-state index in [0.717, 1.165) is 0 Å². The highest BCUT2D eigenvalue weighted by Gasteiger charge is 2.16. The highest BCUT2D eigenvalue weighted by molar-refractivity contribution is 5.84. The monoisotopic (exact) mass is 142 g/mol. The fourth-order valence-corrected chi connectivity index (χ4v) is 0.611. The second kappa shape index (κ2) is 2.47. The summed E-state index contributed by atoms with van der Waals surface area (Å²) in [6, 6.07) is 0. The zero-order chi connectivity index (χ0) is 7.56. The fourth-order valence-electron chi connectivity index (χ4n) is 0.611. The van der Waals surface area contributed by atoms with Crippen molar-refractivity contribution >= 4 is 5.97 Å². The van der Waals surface area contributed by atoms with Gasteiger partial charge in [0.1, 0.15) is 7.05 Å². The standard InChI is InChI=1S/C5H7N3O2/c1-8-4(3-6-7-8)5(9)10-2/h3H,1-2H3/p+1. The highest BCUT2D eigenvalue weighted by atomic mass is 16.5. The average Bonchev–Trinajstić information content (AvgIpc) is 2.34. The zero-order valence-corrected chi connectivity index (χ0v) is 5.79. The Labute approximate surface area is 57.6 Å². The molecule has 0 atom stereocenters. The Kier molecular flexibility index (Phi) is 1.66. The smallest absolute Gasteiger partial charge is 0.384 e. The summed E-state index contributed by atoms with van der Waals surface area (Å²) in [6.45, 7) is 0. The SMILES string of the molecule is COC(=O)c1cn[nH][n+]1C. The van der Waals surface area contributed by atoms with E-state index in [2.05, 4.69) is 15.0 Å². The van der Waals surface area contributed by atoms with E-state index in [4.69, 9.17) is 0 Å². The van der Waals surface area contributed by atoms with Crippen molar-refractivity contribution in [3.8, 4) is 0 Å². The van der Waals surface area contributed by atoms with Crippen molar-refractivity contribution in [1.82, 2.24) is 10.3 Å². The number of aryl methyl sites for hydroxylation is 1. The number of ether oxygens (including phenoxy) is 1. The number of H-pyrrole nitrogens is 1. The van der Waals surface area contributed by atoms with Gasteiger partial charge in [0.25, 0.3) is 5.69 Å². The minimum atomic E-state index is -0.392. The van der Waals surface area contributed by atoms with Crippen LogP contribution in [0.5, 0.6) is 0 Å². The van der Waals surface area contributed by atoms with Crippen molar-refractivity contribution in [2.24, 2.45) is 7.05 Å². The van der Waals surface area contributed by atoms with Crippen LogP contribution in [0, 0.1) is 0 Å². The first-order chi connectivity index (χ1) is 4.75. The molecule has 0 saturated carbocycles. The summed E-state index contributed by atoms with van der Waals surface area (Å²) in [5.74, 6) is -0.392. The minimum absolute atomic E-state index is 0.392. The first kappa shape index (κ1) is 6.73. The van der Waals surface area contributed by atoms with Crippen LogP contribution in [0.4, 0.5) is 0 Å².